The van der Waals surface area contributed by atoms with Crippen molar-refractivity contribution in [1.82, 2.24) is 9.88 Å². The largest absolute Gasteiger partial charge is 0.382 e. The lowest BCUT2D eigenvalue weighted by atomic mass is 10.0. The molecule has 0 radical (unpaired) electrons. The van der Waals surface area contributed by atoms with Crippen molar-refractivity contribution in [2.24, 2.45) is 0 Å². The number of H-pyrrole nitrogens is 1. The number of hydrogen-bond donors (Lipinski definition) is 1. The van der Waals surface area contributed by atoms with Crippen LogP contribution in [-0.4, -0.2) is 54.3 Å². The SMILES string of the molecule is COC[C@H]1CN(C(=O)c2cc3cc(F)ccc3[nH]2)CC(C)(C)O1. The van der Waals surface area contributed by atoms with Crippen molar-refractivity contribution in [3.8, 4) is 0 Å². The molecule has 1 atom stereocenters. The number of morpholine rings is 1. The first-order valence-corrected chi connectivity index (χ1v) is 7.62. The number of aromatic amines is 1. The second kappa shape index (κ2) is 5.94. The number of ether oxygens (including phenoxy) is 2. The molecule has 0 saturated carbocycles. The molecule has 0 spiro atoms. The molecule has 0 aliphatic carbocycles. The molecule has 23 heavy (non-hydrogen) atoms. The van der Waals surface area contributed by atoms with Crippen LogP contribution in [0.2, 0.25) is 0 Å². The number of hydrogen-bond acceptors (Lipinski definition) is 3. The number of carbonyl (C=O) groups is 1. The highest BCUT2D eigenvalue weighted by atomic mass is 19.1. The van der Waals surface area contributed by atoms with E-state index in [1.165, 1.54) is 12.1 Å². The van der Waals surface area contributed by atoms with Gasteiger partial charge in [-0.25, -0.2) is 4.39 Å². The molecular formula is C17H21FN2O3. The molecule has 3 rings (SSSR count). The maximum atomic E-state index is 13.3. The predicted octanol–water partition coefficient (Wildman–Crippen LogP) is 2.57. The summed E-state index contributed by atoms with van der Waals surface area (Å²) >= 11 is 0. The molecule has 5 nitrogen and oxygen atoms in total. The highest BCUT2D eigenvalue weighted by Gasteiger charge is 2.36. The molecular weight excluding hydrogens is 299 g/mol. The van der Waals surface area contributed by atoms with Crippen LogP contribution in [0.5, 0.6) is 0 Å². The Balaban J connectivity index is 1.85. The van der Waals surface area contributed by atoms with Gasteiger partial charge in [0, 0.05) is 31.1 Å². The monoisotopic (exact) mass is 320 g/mol. The molecule has 1 N–H and O–H groups in total. The summed E-state index contributed by atoms with van der Waals surface area (Å²) in [7, 11) is 1.61. The van der Waals surface area contributed by atoms with E-state index in [2.05, 4.69) is 4.98 Å². The van der Waals surface area contributed by atoms with Crippen LogP contribution in [0, 0.1) is 5.82 Å². The first-order valence-electron chi connectivity index (χ1n) is 7.62. The van der Waals surface area contributed by atoms with Crippen molar-refractivity contribution >= 4 is 16.8 Å². The van der Waals surface area contributed by atoms with E-state index in [0.29, 0.717) is 30.8 Å². The molecule has 1 amide bonds. The maximum absolute atomic E-state index is 13.3. The van der Waals surface area contributed by atoms with E-state index in [9.17, 15) is 9.18 Å². The smallest absolute Gasteiger partial charge is 0.270 e. The van der Waals surface area contributed by atoms with Gasteiger partial charge in [-0.05, 0) is 38.1 Å². The lowest BCUT2D eigenvalue weighted by molar-refractivity contribution is -0.143. The van der Waals surface area contributed by atoms with E-state index in [1.54, 1.807) is 24.1 Å². The van der Waals surface area contributed by atoms with Crippen molar-refractivity contribution in [2.45, 2.75) is 25.6 Å². The average Bonchev–Trinajstić information content (AvgIpc) is 2.88. The molecule has 2 aromatic rings. The number of amides is 1. The molecule has 1 aliphatic rings. The minimum absolute atomic E-state index is 0.112. The average molecular weight is 320 g/mol. The molecule has 6 heteroatoms. The first kappa shape index (κ1) is 16.0. The van der Waals surface area contributed by atoms with Crippen molar-refractivity contribution in [3.63, 3.8) is 0 Å². The zero-order valence-corrected chi connectivity index (χ0v) is 13.6. The van der Waals surface area contributed by atoms with Gasteiger partial charge in [-0.2, -0.15) is 0 Å². The topological polar surface area (TPSA) is 54.6 Å². The van der Waals surface area contributed by atoms with Gasteiger partial charge in [0.25, 0.3) is 5.91 Å². The Morgan fingerprint density at radius 3 is 3.00 bits per heavy atom. The van der Waals surface area contributed by atoms with E-state index >= 15 is 0 Å². The van der Waals surface area contributed by atoms with Crippen LogP contribution in [0.25, 0.3) is 10.9 Å². The number of nitrogens with zero attached hydrogens (tertiary/aromatic N) is 1. The number of carbonyl (C=O) groups excluding carboxylic acids is 1. The fourth-order valence-corrected chi connectivity index (χ4v) is 3.11. The van der Waals surface area contributed by atoms with Gasteiger partial charge < -0.3 is 19.4 Å². The van der Waals surface area contributed by atoms with Crippen molar-refractivity contribution in [3.05, 3.63) is 35.8 Å². The van der Waals surface area contributed by atoms with Gasteiger partial charge in [-0.1, -0.05) is 0 Å². The van der Waals surface area contributed by atoms with Crippen LogP contribution < -0.4 is 0 Å². The van der Waals surface area contributed by atoms with Crippen LogP contribution in [0.4, 0.5) is 4.39 Å². The van der Waals surface area contributed by atoms with E-state index < -0.39 is 5.60 Å². The summed E-state index contributed by atoms with van der Waals surface area (Å²) in [6.07, 6.45) is -0.158. The minimum Gasteiger partial charge on any atom is -0.382 e. The third-order valence-electron chi connectivity index (χ3n) is 3.93. The number of methoxy groups -OCH3 is 1. The molecule has 1 saturated heterocycles. The molecule has 2 heterocycles. The number of benzene rings is 1. The summed E-state index contributed by atoms with van der Waals surface area (Å²) < 4.78 is 24.4. The Hall–Kier alpha value is -1.92. The van der Waals surface area contributed by atoms with E-state index in [1.807, 2.05) is 13.8 Å². The molecule has 0 unspecified atom stereocenters. The summed E-state index contributed by atoms with van der Waals surface area (Å²) in [5, 5.41) is 0.689. The Kier molecular flexibility index (Phi) is 4.12. The van der Waals surface area contributed by atoms with Crippen LogP contribution in [0.15, 0.2) is 24.3 Å². The van der Waals surface area contributed by atoms with Gasteiger partial charge in [-0.3, -0.25) is 4.79 Å². The molecule has 1 aromatic carbocycles. The van der Waals surface area contributed by atoms with Gasteiger partial charge in [-0.15, -0.1) is 0 Å². The summed E-state index contributed by atoms with van der Waals surface area (Å²) in [6.45, 7) is 5.31. The zero-order chi connectivity index (χ0) is 16.6. The summed E-state index contributed by atoms with van der Waals surface area (Å²) in [4.78, 5) is 17.6. The summed E-state index contributed by atoms with van der Waals surface area (Å²) in [6, 6.07) is 6.12. The Bertz CT molecular complexity index is 726. The number of aromatic nitrogens is 1. The van der Waals surface area contributed by atoms with Crippen molar-refractivity contribution in [1.29, 1.82) is 0 Å². The first-order chi connectivity index (χ1) is 10.9. The van der Waals surface area contributed by atoms with Gasteiger partial charge in [0.05, 0.1) is 18.3 Å². The summed E-state index contributed by atoms with van der Waals surface area (Å²) in [5.41, 5.74) is 0.769. The van der Waals surface area contributed by atoms with E-state index in [0.717, 1.165) is 5.52 Å². The number of rotatable bonds is 3. The molecule has 0 bridgehead atoms. The lowest BCUT2D eigenvalue weighted by Gasteiger charge is -2.42. The fourth-order valence-electron chi connectivity index (χ4n) is 3.11. The number of nitrogens with one attached hydrogen (secondary N) is 1. The van der Waals surface area contributed by atoms with Crippen LogP contribution >= 0.6 is 0 Å². The third-order valence-corrected chi connectivity index (χ3v) is 3.93. The summed E-state index contributed by atoms with van der Waals surface area (Å²) in [5.74, 6) is -0.428. The molecule has 124 valence electrons. The Morgan fingerprint density at radius 2 is 2.26 bits per heavy atom. The maximum Gasteiger partial charge on any atom is 0.270 e. The number of fused-ring (bicyclic) bond motifs is 1. The minimum atomic E-state index is -0.435. The van der Waals surface area contributed by atoms with Crippen LogP contribution in [0.3, 0.4) is 0 Å². The van der Waals surface area contributed by atoms with Crippen LogP contribution in [0.1, 0.15) is 24.3 Å². The van der Waals surface area contributed by atoms with Gasteiger partial charge in [0.1, 0.15) is 11.5 Å². The molecule has 1 aliphatic heterocycles. The van der Waals surface area contributed by atoms with Crippen molar-refractivity contribution < 1.29 is 18.7 Å². The zero-order valence-electron chi connectivity index (χ0n) is 13.6. The quantitative estimate of drug-likeness (QED) is 0.946. The highest BCUT2D eigenvalue weighted by molar-refractivity contribution is 5.98. The normalized spacial score (nSPS) is 20.9. The van der Waals surface area contributed by atoms with Gasteiger partial charge >= 0.3 is 0 Å². The van der Waals surface area contributed by atoms with Crippen molar-refractivity contribution in [2.75, 3.05) is 26.8 Å². The van der Waals surface area contributed by atoms with Gasteiger partial charge in [0.15, 0.2) is 0 Å². The highest BCUT2D eigenvalue weighted by Crippen LogP contribution is 2.24. The Morgan fingerprint density at radius 1 is 1.48 bits per heavy atom. The Labute approximate surface area is 134 Å². The van der Waals surface area contributed by atoms with E-state index in [-0.39, 0.29) is 17.8 Å². The standard InChI is InChI=1S/C17H21FN2O3/c1-17(2)10-20(8-13(23-17)9-22-3)16(21)15-7-11-6-12(18)4-5-14(11)19-15/h4-7,13,19H,8-10H2,1-3H3/t13-/m1/s1. The second-order valence-corrected chi connectivity index (χ2v) is 6.56. The third kappa shape index (κ3) is 3.38. The fraction of sp³-hybridized carbons (Fsp3) is 0.471. The number of halogens is 1. The van der Waals surface area contributed by atoms with Gasteiger partial charge in [0.2, 0.25) is 0 Å². The van der Waals surface area contributed by atoms with E-state index in [4.69, 9.17) is 9.47 Å². The predicted molar refractivity (Wildman–Crippen MR) is 85.0 cm³/mol. The second-order valence-electron chi connectivity index (χ2n) is 6.56. The molecule has 1 fully saturated rings. The van der Waals surface area contributed by atoms with Crippen LogP contribution in [-0.2, 0) is 9.47 Å². The lowest BCUT2D eigenvalue weighted by Crippen LogP contribution is -2.55. The molecule has 1 aromatic heterocycles.